The minimum atomic E-state index is -0.459. The summed E-state index contributed by atoms with van der Waals surface area (Å²) in [5.74, 6) is 0.794. The minimum Gasteiger partial charge on any atom is -0.444 e. The van der Waals surface area contributed by atoms with E-state index in [9.17, 15) is 4.79 Å². The molecule has 0 aromatic carbocycles. The summed E-state index contributed by atoms with van der Waals surface area (Å²) >= 11 is 0. The van der Waals surface area contributed by atoms with Crippen LogP contribution in [0.3, 0.4) is 0 Å². The largest absolute Gasteiger partial charge is 0.444 e. The van der Waals surface area contributed by atoms with E-state index in [0.717, 1.165) is 57.7 Å². The van der Waals surface area contributed by atoms with Gasteiger partial charge in [-0.05, 0) is 46.5 Å². The monoisotopic (exact) mass is 410 g/mol. The van der Waals surface area contributed by atoms with Gasteiger partial charge in [0.1, 0.15) is 5.60 Å². The highest BCUT2D eigenvalue weighted by atomic mass is 16.6. The predicted molar refractivity (Wildman–Crippen MR) is 112 cm³/mol. The molecule has 3 rings (SSSR count). The second-order valence-corrected chi connectivity index (χ2v) is 9.51. The number of hydrogen-bond acceptors (Lipinski definition) is 5. The zero-order valence-electron chi connectivity index (χ0n) is 18.6. The topological polar surface area (TPSA) is 84.4 Å². The van der Waals surface area contributed by atoms with Crippen LogP contribution >= 0.6 is 0 Å². The summed E-state index contributed by atoms with van der Waals surface area (Å²) in [5.41, 5.74) is -0.659. The summed E-state index contributed by atoms with van der Waals surface area (Å²) in [7, 11) is 3.57. The number of piperidine rings is 1. The van der Waals surface area contributed by atoms with Crippen LogP contribution in [0.1, 0.15) is 59.3 Å². The van der Waals surface area contributed by atoms with Crippen LogP contribution in [0, 0.1) is 0 Å². The molecule has 2 unspecified atom stereocenters. The first-order valence-corrected chi connectivity index (χ1v) is 10.9. The van der Waals surface area contributed by atoms with Gasteiger partial charge in [-0.25, -0.2) is 4.79 Å². The van der Waals surface area contributed by atoms with Gasteiger partial charge in [0.25, 0.3) is 0 Å². The molecule has 3 aliphatic heterocycles. The van der Waals surface area contributed by atoms with Crippen LogP contribution in [0.5, 0.6) is 0 Å². The first-order valence-electron chi connectivity index (χ1n) is 10.9. The van der Waals surface area contributed by atoms with Crippen LogP contribution in [0.25, 0.3) is 0 Å². The van der Waals surface area contributed by atoms with Gasteiger partial charge in [-0.3, -0.25) is 4.99 Å². The van der Waals surface area contributed by atoms with Gasteiger partial charge in [-0.1, -0.05) is 0 Å². The van der Waals surface area contributed by atoms with Crippen LogP contribution in [0.4, 0.5) is 4.79 Å². The van der Waals surface area contributed by atoms with E-state index in [1.807, 2.05) is 25.7 Å². The van der Waals surface area contributed by atoms with Crippen LogP contribution in [-0.2, 0) is 14.2 Å². The highest BCUT2D eigenvalue weighted by Crippen LogP contribution is 2.36. The van der Waals surface area contributed by atoms with Crippen molar-refractivity contribution >= 4 is 12.1 Å². The zero-order valence-corrected chi connectivity index (χ0v) is 18.6. The Morgan fingerprint density at radius 2 is 1.83 bits per heavy atom. The third-order valence-corrected chi connectivity index (χ3v) is 6.32. The van der Waals surface area contributed by atoms with Crippen LogP contribution in [-0.4, -0.2) is 80.2 Å². The second-order valence-electron chi connectivity index (χ2n) is 9.51. The summed E-state index contributed by atoms with van der Waals surface area (Å²) in [6.45, 7) is 7.92. The average molecular weight is 411 g/mol. The first-order chi connectivity index (χ1) is 13.8. The molecule has 8 nitrogen and oxygen atoms in total. The molecular formula is C21H38N4O4. The maximum atomic E-state index is 12.6. The lowest BCUT2D eigenvalue weighted by Crippen LogP contribution is -2.56. The first kappa shape index (κ1) is 22.2. The van der Waals surface area contributed by atoms with Gasteiger partial charge in [-0.15, -0.1) is 0 Å². The van der Waals surface area contributed by atoms with Gasteiger partial charge in [-0.2, -0.15) is 0 Å². The lowest BCUT2D eigenvalue weighted by molar-refractivity contribution is -0.0856. The van der Waals surface area contributed by atoms with Crippen molar-refractivity contribution in [1.29, 1.82) is 0 Å². The Labute approximate surface area is 174 Å². The SMILES string of the molecule is CN=C(NCC1(OC)CCOCC1)NC1CC2CCC(C1)N2C(=O)OC(C)(C)C. The fourth-order valence-electron chi connectivity index (χ4n) is 4.74. The summed E-state index contributed by atoms with van der Waals surface area (Å²) in [5, 5.41) is 7.01. The van der Waals surface area contributed by atoms with Gasteiger partial charge >= 0.3 is 6.09 Å². The maximum absolute atomic E-state index is 12.6. The standard InChI is InChI=1S/C21H38N4O4/c1-20(2,3)29-19(26)25-16-6-7-17(25)13-15(12-16)24-18(22-4)23-14-21(27-5)8-10-28-11-9-21/h15-17H,6-14H2,1-5H3,(H2,22,23,24). The van der Waals surface area contributed by atoms with E-state index >= 15 is 0 Å². The molecule has 3 aliphatic rings. The number of hydrogen-bond donors (Lipinski definition) is 2. The Hall–Kier alpha value is -1.54. The maximum Gasteiger partial charge on any atom is 0.410 e. The van der Waals surface area contributed by atoms with Crippen molar-refractivity contribution in [2.75, 3.05) is 33.9 Å². The average Bonchev–Trinajstić information content (AvgIpc) is 2.95. The van der Waals surface area contributed by atoms with Gasteiger partial charge in [0, 0.05) is 64.9 Å². The normalized spacial score (nSPS) is 29.5. The Kier molecular flexibility index (Phi) is 6.94. The fourth-order valence-corrected chi connectivity index (χ4v) is 4.74. The molecule has 166 valence electrons. The molecule has 3 saturated heterocycles. The number of fused-ring (bicyclic) bond motifs is 2. The molecule has 3 fully saturated rings. The number of guanidine groups is 1. The molecule has 2 N–H and O–H groups in total. The Morgan fingerprint density at radius 1 is 1.21 bits per heavy atom. The van der Waals surface area contributed by atoms with E-state index in [-0.39, 0.29) is 23.8 Å². The zero-order chi connectivity index (χ0) is 21.1. The van der Waals surface area contributed by atoms with Crippen molar-refractivity contribution in [3.05, 3.63) is 0 Å². The van der Waals surface area contributed by atoms with Gasteiger partial charge in [0.15, 0.2) is 5.96 Å². The number of carbonyl (C=O) groups excluding carboxylic acids is 1. The molecule has 1 amide bonds. The number of rotatable bonds is 4. The quantitative estimate of drug-likeness (QED) is 0.546. The van der Waals surface area contributed by atoms with Crippen molar-refractivity contribution in [3.8, 4) is 0 Å². The molecule has 3 heterocycles. The van der Waals surface area contributed by atoms with E-state index in [1.54, 1.807) is 14.2 Å². The minimum absolute atomic E-state index is 0.174. The smallest absolute Gasteiger partial charge is 0.410 e. The number of aliphatic imine (C=N–C) groups is 1. The summed E-state index contributed by atoms with van der Waals surface area (Å²) < 4.78 is 16.9. The Bertz CT molecular complexity index is 584. The summed E-state index contributed by atoms with van der Waals surface area (Å²) in [4.78, 5) is 19.0. The van der Waals surface area contributed by atoms with Gasteiger partial charge < -0.3 is 29.7 Å². The summed E-state index contributed by atoms with van der Waals surface area (Å²) in [6, 6.07) is 0.769. The number of nitrogens with one attached hydrogen (secondary N) is 2. The summed E-state index contributed by atoms with van der Waals surface area (Å²) in [6.07, 6.45) is 5.51. The van der Waals surface area contributed by atoms with Crippen molar-refractivity contribution in [1.82, 2.24) is 15.5 Å². The molecule has 8 heteroatoms. The highest BCUT2D eigenvalue weighted by molar-refractivity contribution is 5.80. The van der Waals surface area contributed by atoms with Crippen LogP contribution in [0.15, 0.2) is 4.99 Å². The molecule has 0 spiro atoms. The Morgan fingerprint density at radius 3 is 2.34 bits per heavy atom. The predicted octanol–water partition coefficient (Wildman–Crippen LogP) is 2.28. The molecule has 0 radical (unpaired) electrons. The van der Waals surface area contributed by atoms with Gasteiger partial charge in [0.05, 0.1) is 5.60 Å². The molecular weight excluding hydrogens is 372 g/mol. The fraction of sp³-hybridized carbons (Fsp3) is 0.905. The lowest BCUT2D eigenvalue weighted by atomic mass is 9.94. The van der Waals surface area contributed by atoms with Crippen LogP contribution < -0.4 is 10.6 Å². The van der Waals surface area contributed by atoms with E-state index in [0.29, 0.717) is 12.6 Å². The number of ether oxygens (including phenoxy) is 3. The third kappa shape index (κ3) is 5.54. The van der Waals surface area contributed by atoms with Crippen LogP contribution in [0.2, 0.25) is 0 Å². The molecule has 2 bridgehead atoms. The molecule has 0 aromatic heterocycles. The number of amides is 1. The number of carbonyl (C=O) groups is 1. The second kappa shape index (κ2) is 9.08. The van der Waals surface area contributed by atoms with Crippen molar-refractivity contribution in [2.24, 2.45) is 4.99 Å². The van der Waals surface area contributed by atoms with Crippen molar-refractivity contribution in [2.45, 2.75) is 88.6 Å². The molecule has 0 saturated carbocycles. The Balaban J connectivity index is 1.53. The van der Waals surface area contributed by atoms with Gasteiger partial charge in [0.2, 0.25) is 0 Å². The van der Waals surface area contributed by atoms with E-state index in [1.165, 1.54) is 0 Å². The van der Waals surface area contributed by atoms with E-state index in [4.69, 9.17) is 14.2 Å². The van der Waals surface area contributed by atoms with Crippen molar-refractivity contribution in [3.63, 3.8) is 0 Å². The molecule has 0 aromatic rings. The third-order valence-electron chi connectivity index (χ3n) is 6.32. The molecule has 0 aliphatic carbocycles. The lowest BCUT2D eigenvalue weighted by Gasteiger charge is -2.40. The van der Waals surface area contributed by atoms with E-state index in [2.05, 4.69) is 15.6 Å². The molecule has 29 heavy (non-hydrogen) atoms. The number of methoxy groups -OCH3 is 1. The highest BCUT2D eigenvalue weighted by Gasteiger charge is 2.45. The number of nitrogens with zero attached hydrogens (tertiary/aromatic N) is 2. The molecule has 2 atom stereocenters. The van der Waals surface area contributed by atoms with Crippen molar-refractivity contribution < 1.29 is 19.0 Å². The van der Waals surface area contributed by atoms with E-state index < -0.39 is 5.60 Å².